The van der Waals surface area contributed by atoms with Crippen LogP contribution in [-0.2, 0) is 4.79 Å². The minimum Gasteiger partial charge on any atom is -0.341 e. The van der Waals surface area contributed by atoms with Gasteiger partial charge in [-0.2, -0.15) is 5.26 Å². The van der Waals surface area contributed by atoms with Crippen LogP contribution in [0.4, 0.5) is 0 Å². The Morgan fingerprint density at radius 3 is 3.05 bits per heavy atom. The number of nitrogens with zero attached hydrogens (tertiary/aromatic N) is 4. The summed E-state index contributed by atoms with van der Waals surface area (Å²) in [5, 5.41) is 16.2. The number of aromatic amines is 1. The number of nitriles is 1. The molecule has 0 atom stereocenters. The summed E-state index contributed by atoms with van der Waals surface area (Å²) in [5.74, 6) is 1.83. The van der Waals surface area contributed by atoms with Crippen LogP contribution in [0, 0.1) is 11.3 Å². The van der Waals surface area contributed by atoms with E-state index in [1.165, 1.54) is 24.6 Å². The highest BCUT2D eigenvalue weighted by atomic mass is 32.2. The van der Waals surface area contributed by atoms with Crippen molar-refractivity contribution in [3.8, 4) is 6.07 Å². The van der Waals surface area contributed by atoms with Crippen molar-refractivity contribution < 1.29 is 4.79 Å². The van der Waals surface area contributed by atoms with E-state index in [2.05, 4.69) is 21.3 Å². The molecule has 1 fully saturated rings. The first-order valence-electron chi connectivity index (χ1n) is 6.44. The third kappa shape index (κ3) is 3.96. The lowest BCUT2D eigenvalue weighted by Gasteiger charge is -2.18. The lowest BCUT2D eigenvalue weighted by Crippen LogP contribution is -2.33. The minimum absolute atomic E-state index is 0.0283. The van der Waals surface area contributed by atoms with E-state index in [4.69, 9.17) is 5.26 Å². The Balaban J connectivity index is 1.79. The molecule has 0 unspecified atom stereocenters. The van der Waals surface area contributed by atoms with Crippen molar-refractivity contribution in [2.24, 2.45) is 0 Å². The molecule has 1 aromatic heterocycles. The summed E-state index contributed by atoms with van der Waals surface area (Å²) in [5.41, 5.74) is 0. The van der Waals surface area contributed by atoms with Gasteiger partial charge in [0.25, 0.3) is 0 Å². The lowest BCUT2D eigenvalue weighted by molar-refractivity contribution is -0.128. The number of carbonyl (C=O) groups excluding carboxylic acids is 1. The van der Waals surface area contributed by atoms with Gasteiger partial charge >= 0.3 is 0 Å². The number of hydrogen-bond acceptors (Lipinski definition) is 5. The maximum Gasteiger partial charge on any atom is 0.233 e. The van der Waals surface area contributed by atoms with E-state index in [-0.39, 0.29) is 5.91 Å². The molecule has 0 aliphatic heterocycles. The van der Waals surface area contributed by atoms with Crippen molar-refractivity contribution in [2.45, 2.75) is 37.3 Å². The molecule has 19 heavy (non-hydrogen) atoms. The van der Waals surface area contributed by atoms with Gasteiger partial charge in [0, 0.05) is 19.0 Å². The van der Waals surface area contributed by atoms with E-state index in [1.807, 2.05) is 6.92 Å². The molecule has 1 aromatic rings. The summed E-state index contributed by atoms with van der Waals surface area (Å²) in [6, 6.07) is 2.05. The molecule has 0 radical (unpaired) electrons. The average molecular weight is 279 g/mol. The third-order valence-corrected chi connectivity index (χ3v) is 3.83. The molecular weight excluding hydrogens is 262 g/mol. The number of carbonyl (C=O) groups is 1. The molecule has 102 valence electrons. The number of thioether (sulfide) groups is 1. The van der Waals surface area contributed by atoms with Gasteiger partial charge < -0.3 is 4.90 Å². The summed E-state index contributed by atoms with van der Waals surface area (Å²) in [6.45, 7) is 3.04. The fourth-order valence-corrected chi connectivity index (χ4v) is 2.43. The molecule has 1 aliphatic carbocycles. The van der Waals surface area contributed by atoms with Gasteiger partial charge in [-0.1, -0.05) is 11.8 Å². The molecule has 1 N–H and O–H groups in total. The second kappa shape index (κ2) is 6.57. The molecule has 1 saturated carbocycles. The number of nitrogens with one attached hydrogen (secondary N) is 1. The molecule has 1 amide bonds. The van der Waals surface area contributed by atoms with E-state index in [1.54, 1.807) is 4.90 Å². The maximum atomic E-state index is 11.9. The predicted molar refractivity (Wildman–Crippen MR) is 71.6 cm³/mol. The summed E-state index contributed by atoms with van der Waals surface area (Å²) in [4.78, 5) is 18.0. The van der Waals surface area contributed by atoms with Gasteiger partial charge in [0.15, 0.2) is 0 Å². The Morgan fingerprint density at radius 2 is 2.42 bits per heavy atom. The molecule has 0 aromatic carbocycles. The number of H-pyrrole nitrogens is 1. The molecule has 0 spiro atoms. The second-order valence-electron chi connectivity index (χ2n) is 4.45. The fourth-order valence-electron chi connectivity index (χ4n) is 1.72. The molecule has 6 nitrogen and oxygen atoms in total. The first kappa shape index (κ1) is 13.9. The van der Waals surface area contributed by atoms with E-state index in [0.29, 0.717) is 36.3 Å². The highest BCUT2D eigenvalue weighted by Crippen LogP contribution is 2.38. The largest absolute Gasteiger partial charge is 0.341 e. The van der Waals surface area contributed by atoms with Crippen molar-refractivity contribution in [2.75, 3.05) is 18.8 Å². The summed E-state index contributed by atoms with van der Waals surface area (Å²) in [7, 11) is 0. The van der Waals surface area contributed by atoms with Crippen molar-refractivity contribution in [3.63, 3.8) is 0 Å². The first-order valence-corrected chi connectivity index (χ1v) is 7.43. The Labute approximate surface area is 116 Å². The monoisotopic (exact) mass is 279 g/mol. The Hall–Kier alpha value is -1.55. The van der Waals surface area contributed by atoms with E-state index in [0.717, 1.165) is 5.82 Å². The Morgan fingerprint density at radius 1 is 1.63 bits per heavy atom. The normalized spacial score (nSPS) is 14.1. The van der Waals surface area contributed by atoms with Crippen molar-refractivity contribution in [3.05, 3.63) is 5.82 Å². The van der Waals surface area contributed by atoms with Gasteiger partial charge in [0.2, 0.25) is 11.1 Å². The smallest absolute Gasteiger partial charge is 0.233 e. The maximum absolute atomic E-state index is 11.9. The van der Waals surface area contributed by atoms with Crippen molar-refractivity contribution >= 4 is 17.7 Å². The lowest BCUT2D eigenvalue weighted by atomic mass is 10.4. The van der Waals surface area contributed by atoms with E-state index in [9.17, 15) is 4.79 Å². The van der Waals surface area contributed by atoms with Gasteiger partial charge in [0.1, 0.15) is 5.82 Å². The van der Waals surface area contributed by atoms with Gasteiger partial charge in [-0.3, -0.25) is 9.89 Å². The van der Waals surface area contributed by atoms with Crippen LogP contribution in [0.15, 0.2) is 5.16 Å². The standard InChI is InChI=1S/C12H17N5OS/c1-2-17(7-3-6-13)10(18)8-19-12-14-11(15-16-12)9-4-5-9/h9H,2-5,7-8H2,1H3,(H,14,15,16). The summed E-state index contributed by atoms with van der Waals surface area (Å²) in [6.07, 6.45) is 2.72. The number of amides is 1. The Kier molecular flexibility index (Phi) is 4.80. The zero-order valence-corrected chi connectivity index (χ0v) is 11.7. The molecule has 2 rings (SSSR count). The molecular formula is C12H17N5OS. The molecule has 1 aliphatic rings. The van der Waals surface area contributed by atoms with Crippen LogP contribution in [0.2, 0.25) is 0 Å². The van der Waals surface area contributed by atoms with E-state index < -0.39 is 0 Å². The highest BCUT2D eigenvalue weighted by Gasteiger charge is 2.27. The highest BCUT2D eigenvalue weighted by molar-refractivity contribution is 7.99. The Bertz CT molecular complexity index is 477. The number of rotatable bonds is 7. The summed E-state index contributed by atoms with van der Waals surface area (Å²) >= 11 is 1.34. The van der Waals surface area contributed by atoms with Gasteiger partial charge in [-0.05, 0) is 19.8 Å². The molecule has 0 bridgehead atoms. The van der Waals surface area contributed by atoms with Crippen LogP contribution in [0.3, 0.4) is 0 Å². The van der Waals surface area contributed by atoms with Gasteiger partial charge in [-0.15, -0.1) is 5.10 Å². The zero-order chi connectivity index (χ0) is 13.7. The topological polar surface area (TPSA) is 85.7 Å². The molecule has 1 heterocycles. The molecule has 7 heteroatoms. The predicted octanol–water partition coefficient (Wildman–Crippen LogP) is 1.54. The van der Waals surface area contributed by atoms with Crippen LogP contribution >= 0.6 is 11.8 Å². The first-order chi connectivity index (χ1) is 9.24. The average Bonchev–Trinajstić information content (AvgIpc) is 3.16. The van der Waals surface area contributed by atoms with Crippen LogP contribution in [0.5, 0.6) is 0 Å². The fraction of sp³-hybridized carbons (Fsp3) is 0.667. The van der Waals surface area contributed by atoms with Crippen LogP contribution in [-0.4, -0.2) is 44.8 Å². The van der Waals surface area contributed by atoms with Crippen molar-refractivity contribution in [1.29, 1.82) is 5.26 Å². The van der Waals surface area contributed by atoms with E-state index >= 15 is 0 Å². The number of hydrogen-bond donors (Lipinski definition) is 1. The minimum atomic E-state index is 0.0283. The van der Waals surface area contributed by atoms with Crippen LogP contribution in [0.25, 0.3) is 0 Å². The van der Waals surface area contributed by atoms with Gasteiger partial charge in [-0.25, -0.2) is 4.98 Å². The zero-order valence-electron chi connectivity index (χ0n) is 10.9. The van der Waals surface area contributed by atoms with Crippen LogP contribution in [0.1, 0.15) is 37.9 Å². The SMILES string of the molecule is CCN(CCC#N)C(=O)CSc1n[nH]c(C2CC2)n1. The van der Waals surface area contributed by atoms with Crippen LogP contribution < -0.4 is 0 Å². The van der Waals surface area contributed by atoms with Gasteiger partial charge in [0.05, 0.1) is 18.2 Å². The second-order valence-corrected chi connectivity index (χ2v) is 5.39. The molecule has 0 saturated heterocycles. The van der Waals surface area contributed by atoms with Crippen molar-refractivity contribution in [1.82, 2.24) is 20.1 Å². The quantitative estimate of drug-likeness (QED) is 0.765. The number of aromatic nitrogens is 3. The third-order valence-electron chi connectivity index (χ3n) is 3.00. The summed E-state index contributed by atoms with van der Waals surface area (Å²) < 4.78 is 0.